The van der Waals surface area contributed by atoms with Gasteiger partial charge < -0.3 is 14.5 Å². The minimum atomic E-state index is -0.530. The topological polar surface area (TPSA) is 103 Å². The van der Waals surface area contributed by atoms with Crippen LogP contribution in [0, 0.1) is 0 Å². The summed E-state index contributed by atoms with van der Waals surface area (Å²) in [6.45, 7) is 0. The number of fused-ring (bicyclic) bond motifs is 10. The lowest BCUT2D eigenvalue weighted by atomic mass is 9.91. The van der Waals surface area contributed by atoms with E-state index in [1.54, 1.807) is 30.3 Å². The number of nitrogens with one attached hydrogen (secondary N) is 1. The first-order valence-electron chi connectivity index (χ1n) is 11.6. The summed E-state index contributed by atoms with van der Waals surface area (Å²) >= 11 is 0. The van der Waals surface area contributed by atoms with Crippen molar-refractivity contribution in [2.45, 2.75) is 0 Å². The summed E-state index contributed by atoms with van der Waals surface area (Å²) in [5.74, 6) is 0.490. The van der Waals surface area contributed by atoms with Crippen LogP contribution in [-0.4, -0.2) is 19.2 Å². The van der Waals surface area contributed by atoms with Crippen molar-refractivity contribution in [3.8, 4) is 11.5 Å². The molecular weight excluding hydrogens is 470 g/mol. The fourth-order valence-corrected chi connectivity index (χ4v) is 5.77. The molecule has 0 aliphatic heterocycles. The van der Waals surface area contributed by atoms with Gasteiger partial charge in [-0.2, -0.15) is 0 Å². The summed E-state index contributed by atoms with van der Waals surface area (Å²) in [5.41, 5.74) is -0.879. The molecule has 1 N–H and O–H groups in total. The number of para-hydroxylation sites is 1. The Labute approximate surface area is 206 Å². The molecule has 1 heterocycles. The Balaban J connectivity index is 1.99. The van der Waals surface area contributed by atoms with Crippen LogP contribution in [0.3, 0.4) is 0 Å². The molecule has 0 saturated carbocycles. The Morgan fingerprint density at radius 3 is 1.57 bits per heavy atom. The van der Waals surface area contributed by atoms with Crippen LogP contribution in [-0.2, 0) is 0 Å². The molecule has 6 aromatic carbocycles. The summed E-state index contributed by atoms with van der Waals surface area (Å²) in [4.78, 5) is 59.6. The minimum absolute atomic E-state index is 0.0615. The van der Waals surface area contributed by atoms with Gasteiger partial charge in [0.15, 0.2) is 21.7 Å². The zero-order valence-corrected chi connectivity index (χ0v) is 19.7. The third-order valence-electron chi connectivity index (χ3n) is 7.30. The van der Waals surface area contributed by atoms with E-state index in [-0.39, 0.29) is 54.6 Å². The van der Waals surface area contributed by atoms with Gasteiger partial charge in [0.2, 0.25) is 0 Å². The molecule has 0 atom stereocenters. The standard InChI is InChI=1S/C30H17NO6/c1-36-17-11-5-8-14-19(17)29(34)23-22(27(14)32)21-13-7-3-4-10-16(13)31-26(21)25-24(23)28(33)15-9-6-12-18(37-2)20(15)30(25)35/h3-12,31H,1-2H3. The predicted molar refractivity (Wildman–Crippen MR) is 146 cm³/mol. The molecule has 0 aliphatic rings. The number of ether oxygens (including phenoxy) is 2. The van der Waals surface area contributed by atoms with Gasteiger partial charge in [-0.05, 0) is 18.2 Å². The van der Waals surface area contributed by atoms with Crippen LogP contribution in [0.25, 0.3) is 64.9 Å². The van der Waals surface area contributed by atoms with Crippen LogP contribution in [0.15, 0.2) is 79.8 Å². The van der Waals surface area contributed by atoms with Gasteiger partial charge in [-0.15, -0.1) is 0 Å². The number of H-pyrrole nitrogens is 1. The number of hydrogen-bond donors (Lipinski definition) is 1. The SMILES string of the molecule is COc1cccc2c(=O)c3c(c(=O)c12)c1[nH]c2ccccc2c1c1c(=O)c2cccc(OC)c2c(=O)c31. The summed E-state index contributed by atoms with van der Waals surface area (Å²) in [6.07, 6.45) is 0. The second kappa shape index (κ2) is 7.24. The van der Waals surface area contributed by atoms with Crippen LogP contribution in [0.5, 0.6) is 11.5 Å². The summed E-state index contributed by atoms with van der Waals surface area (Å²) in [6, 6.07) is 16.9. The van der Waals surface area contributed by atoms with Crippen molar-refractivity contribution in [3.63, 3.8) is 0 Å². The number of aromatic amines is 1. The van der Waals surface area contributed by atoms with Crippen molar-refractivity contribution >= 4 is 64.9 Å². The average molecular weight is 487 g/mol. The Hall–Kier alpha value is -5.04. The fourth-order valence-electron chi connectivity index (χ4n) is 5.77. The van der Waals surface area contributed by atoms with E-state index in [4.69, 9.17) is 9.47 Å². The zero-order valence-electron chi connectivity index (χ0n) is 19.7. The molecule has 0 radical (unpaired) electrons. The van der Waals surface area contributed by atoms with E-state index in [0.29, 0.717) is 21.8 Å². The van der Waals surface area contributed by atoms with Crippen LogP contribution in [0.4, 0.5) is 0 Å². The molecule has 37 heavy (non-hydrogen) atoms. The summed E-state index contributed by atoms with van der Waals surface area (Å²) in [7, 11) is 2.85. The molecule has 7 heteroatoms. The Bertz CT molecular complexity index is 2360. The molecule has 0 spiro atoms. The molecule has 0 fully saturated rings. The van der Waals surface area contributed by atoms with Gasteiger partial charge in [0.1, 0.15) is 11.5 Å². The van der Waals surface area contributed by atoms with E-state index < -0.39 is 21.7 Å². The molecule has 0 bridgehead atoms. The molecule has 7 rings (SSSR count). The first-order valence-corrected chi connectivity index (χ1v) is 11.6. The number of rotatable bonds is 2. The van der Waals surface area contributed by atoms with Gasteiger partial charge in [-0.25, -0.2) is 0 Å². The fraction of sp³-hybridized carbons (Fsp3) is 0.0667. The minimum Gasteiger partial charge on any atom is -0.496 e. The van der Waals surface area contributed by atoms with Crippen LogP contribution >= 0.6 is 0 Å². The van der Waals surface area contributed by atoms with Crippen molar-refractivity contribution in [1.29, 1.82) is 0 Å². The van der Waals surface area contributed by atoms with E-state index in [2.05, 4.69) is 4.98 Å². The Kier molecular flexibility index (Phi) is 4.16. The normalized spacial score (nSPS) is 11.9. The highest BCUT2D eigenvalue weighted by Crippen LogP contribution is 2.37. The van der Waals surface area contributed by atoms with Gasteiger partial charge in [-0.1, -0.05) is 42.5 Å². The van der Waals surface area contributed by atoms with Crippen molar-refractivity contribution in [3.05, 3.63) is 102 Å². The molecule has 0 aliphatic carbocycles. The Morgan fingerprint density at radius 1 is 0.486 bits per heavy atom. The largest absolute Gasteiger partial charge is 0.496 e. The summed E-state index contributed by atoms with van der Waals surface area (Å²) in [5, 5.41) is 1.69. The van der Waals surface area contributed by atoms with Crippen LogP contribution in [0.2, 0.25) is 0 Å². The van der Waals surface area contributed by atoms with Crippen molar-refractivity contribution in [1.82, 2.24) is 4.98 Å². The maximum atomic E-state index is 14.2. The van der Waals surface area contributed by atoms with Crippen LogP contribution < -0.4 is 31.2 Å². The van der Waals surface area contributed by atoms with E-state index in [0.717, 1.165) is 0 Å². The van der Waals surface area contributed by atoms with Gasteiger partial charge in [0.05, 0.1) is 35.9 Å². The molecule has 0 unspecified atom stereocenters. The first-order chi connectivity index (χ1) is 18.0. The third kappa shape index (κ3) is 2.50. The second-order valence-corrected chi connectivity index (χ2v) is 9.00. The van der Waals surface area contributed by atoms with Gasteiger partial charge in [-0.3, -0.25) is 19.2 Å². The lowest BCUT2D eigenvalue weighted by molar-refractivity contribution is 0.419. The third-order valence-corrected chi connectivity index (χ3v) is 7.30. The number of methoxy groups -OCH3 is 2. The van der Waals surface area contributed by atoms with E-state index >= 15 is 0 Å². The zero-order chi connectivity index (χ0) is 25.6. The Morgan fingerprint density at radius 2 is 0.973 bits per heavy atom. The summed E-state index contributed by atoms with van der Waals surface area (Å²) < 4.78 is 10.8. The number of aromatic nitrogens is 1. The number of hydrogen-bond acceptors (Lipinski definition) is 6. The maximum absolute atomic E-state index is 14.2. The maximum Gasteiger partial charge on any atom is 0.200 e. The second-order valence-electron chi connectivity index (χ2n) is 9.00. The molecule has 178 valence electrons. The molecule has 0 saturated heterocycles. The highest BCUT2D eigenvalue weighted by Gasteiger charge is 2.26. The highest BCUT2D eigenvalue weighted by molar-refractivity contribution is 6.33. The lowest BCUT2D eigenvalue weighted by Crippen LogP contribution is -2.20. The van der Waals surface area contributed by atoms with Crippen molar-refractivity contribution < 1.29 is 9.47 Å². The van der Waals surface area contributed by atoms with E-state index in [1.807, 2.05) is 24.3 Å². The van der Waals surface area contributed by atoms with Gasteiger partial charge in [0, 0.05) is 43.2 Å². The smallest absolute Gasteiger partial charge is 0.200 e. The van der Waals surface area contributed by atoms with Gasteiger partial charge in [0.25, 0.3) is 0 Å². The van der Waals surface area contributed by atoms with Crippen molar-refractivity contribution in [2.75, 3.05) is 14.2 Å². The molecule has 7 aromatic rings. The number of benzene rings is 6. The quantitative estimate of drug-likeness (QED) is 0.289. The van der Waals surface area contributed by atoms with E-state index in [9.17, 15) is 19.2 Å². The molecule has 0 amide bonds. The van der Waals surface area contributed by atoms with Crippen LogP contribution in [0.1, 0.15) is 0 Å². The lowest BCUT2D eigenvalue weighted by Gasteiger charge is -2.11. The van der Waals surface area contributed by atoms with Gasteiger partial charge >= 0.3 is 0 Å². The van der Waals surface area contributed by atoms with E-state index in [1.165, 1.54) is 20.3 Å². The molecule has 7 nitrogen and oxygen atoms in total. The highest BCUT2D eigenvalue weighted by atomic mass is 16.5. The molecule has 1 aromatic heterocycles. The van der Waals surface area contributed by atoms with Crippen molar-refractivity contribution in [2.24, 2.45) is 0 Å². The monoisotopic (exact) mass is 487 g/mol. The predicted octanol–water partition coefficient (Wildman–Crippen LogP) is 4.27. The average Bonchev–Trinajstić information content (AvgIpc) is 3.32. The molecular formula is C30H17NO6. The first kappa shape index (κ1) is 21.3.